The van der Waals surface area contributed by atoms with Crippen LogP contribution in [0.2, 0.25) is 0 Å². The lowest BCUT2D eigenvalue weighted by atomic mass is 10.1. The molecule has 0 saturated carbocycles. The Morgan fingerprint density at radius 1 is 1.03 bits per heavy atom. The van der Waals surface area contributed by atoms with Crippen LogP contribution in [-0.4, -0.2) is 31.8 Å². The zero-order chi connectivity index (χ0) is 26.3. The first kappa shape index (κ1) is 25.0. The topological polar surface area (TPSA) is 112 Å². The van der Waals surface area contributed by atoms with E-state index in [9.17, 15) is 22.0 Å². The number of pyridine rings is 1. The summed E-state index contributed by atoms with van der Waals surface area (Å²) in [4.78, 5) is 12.8. The van der Waals surface area contributed by atoms with Crippen molar-refractivity contribution in [2.24, 2.45) is 10.8 Å². The molecule has 36 heavy (non-hydrogen) atoms. The zero-order valence-corrected chi connectivity index (χ0v) is 19.3. The molecule has 1 atom stereocenters. The Morgan fingerprint density at radius 3 is 2.36 bits per heavy atom. The molecule has 0 saturated heterocycles. The monoisotopic (exact) mass is 521 g/mol. The van der Waals surface area contributed by atoms with Gasteiger partial charge in [0.25, 0.3) is 0 Å². The third-order valence-electron chi connectivity index (χ3n) is 5.43. The van der Waals surface area contributed by atoms with Crippen molar-refractivity contribution >= 4 is 27.3 Å². The normalized spacial score (nSPS) is 17.2. The van der Waals surface area contributed by atoms with Crippen molar-refractivity contribution in [3.8, 4) is 5.75 Å². The van der Waals surface area contributed by atoms with Crippen LogP contribution in [0.5, 0.6) is 5.75 Å². The molecule has 4 rings (SSSR count). The number of amides is 1. The Bertz CT molecular complexity index is 1550. The molecular weight excluding hydrogens is 504 g/mol. The molecule has 3 aromatic rings. The highest BCUT2D eigenvalue weighted by Gasteiger charge is 2.37. The van der Waals surface area contributed by atoms with E-state index in [1.54, 1.807) is 19.1 Å². The predicted octanol–water partition coefficient (Wildman–Crippen LogP) is 4.19. The van der Waals surface area contributed by atoms with Gasteiger partial charge in [0.15, 0.2) is 23.1 Å². The van der Waals surface area contributed by atoms with Crippen molar-refractivity contribution in [3.05, 3.63) is 89.9 Å². The molecule has 1 aromatic heterocycles. The summed E-state index contributed by atoms with van der Waals surface area (Å²) < 4.78 is 89.7. The van der Waals surface area contributed by atoms with E-state index in [2.05, 4.69) is 14.8 Å². The van der Waals surface area contributed by atoms with Crippen LogP contribution >= 0.6 is 0 Å². The lowest BCUT2D eigenvalue weighted by Crippen LogP contribution is -2.36. The Balaban J connectivity index is 1.98. The van der Waals surface area contributed by atoms with E-state index >= 15 is 8.78 Å². The van der Waals surface area contributed by atoms with E-state index < -0.39 is 60.3 Å². The van der Waals surface area contributed by atoms with Gasteiger partial charge in [0, 0.05) is 36.7 Å². The van der Waals surface area contributed by atoms with Gasteiger partial charge in [0.05, 0.1) is 5.56 Å². The van der Waals surface area contributed by atoms with Crippen molar-refractivity contribution in [2.75, 3.05) is 6.54 Å². The third kappa shape index (κ3) is 4.22. The van der Waals surface area contributed by atoms with Crippen LogP contribution in [0.15, 0.2) is 76.0 Å². The van der Waals surface area contributed by atoms with Gasteiger partial charge in [-0.3, -0.25) is 4.98 Å². The number of ether oxygens (including phenoxy) is 1. The van der Waals surface area contributed by atoms with Crippen molar-refractivity contribution in [1.82, 2.24) is 9.58 Å². The number of rotatable bonds is 6. The fraction of sp³-hybridized carbons (Fsp3) is 0.0870. The number of halogens is 4. The van der Waals surface area contributed by atoms with Gasteiger partial charge < -0.3 is 10.5 Å². The van der Waals surface area contributed by atoms with Crippen LogP contribution in [0.3, 0.4) is 0 Å². The van der Waals surface area contributed by atoms with Gasteiger partial charge in [0.2, 0.25) is 9.84 Å². The molecule has 8 nitrogen and oxygen atoms in total. The molecule has 1 unspecified atom stereocenters. The number of allylic oxidation sites excluding steroid dienone is 1. The van der Waals surface area contributed by atoms with Crippen LogP contribution < -0.4 is 15.1 Å². The van der Waals surface area contributed by atoms with Crippen molar-refractivity contribution in [3.63, 3.8) is 0 Å². The summed E-state index contributed by atoms with van der Waals surface area (Å²) in [5.74, 6) is -6.66. The second kappa shape index (κ2) is 9.17. The maximum absolute atomic E-state index is 15.7. The molecule has 186 valence electrons. The molecule has 2 heterocycles. The zero-order valence-electron chi connectivity index (χ0n) is 18.5. The molecule has 0 fully saturated rings. The molecule has 0 bridgehead atoms. The number of primary amides is 1. The molecule has 2 aromatic carbocycles. The molecule has 0 spiro atoms. The van der Waals surface area contributed by atoms with E-state index in [0.717, 1.165) is 0 Å². The highest BCUT2D eigenvalue weighted by atomic mass is 32.2. The van der Waals surface area contributed by atoms with Gasteiger partial charge in [0.1, 0.15) is 39.9 Å². The Labute approximate surface area is 202 Å². The van der Waals surface area contributed by atoms with Crippen LogP contribution in [0, 0.1) is 23.3 Å². The Kier molecular flexibility index (Phi) is 6.37. The maximum Gasteiger partial charge on any atom is 0.410 e. The molecule has 13 heteroatoms. The molecular formula is C23H17F4N4O4S+. The second-order valence-corrected chi connectivity index (χ2v) is 9.41. The summed E-state index contributed by atoms with van der Waals surface area (Å²) in [5, 5.41) is 4.38. The average molecular weight is 521 g/mol. The lowest BCUT2D eigenvalue weighted by molar-refractivity contribution is 0.208. The van der Waals surface area contributed by atoms with Crippen LogP contribution in [0.4, 0.5) is 28.0 Å². The number of quaternary nitrogens is 1. The van der Waals surface area contributed by atoms with Gasteiger partial charge in [-0.05, 0) is 25.1 Å². The Hall–Kier alpha value is -4.10. The van der Waals surface area contributed by atoms with Crippen molar-refractivity contribution < 1.29 is 35.5 Å². The number of hydrogen-bond donors (Lipinski definition) is 1. The standard InChI is InChI=1S/C23H16F4N4O4S/c1-2-31(14-5-8-29-9-6-14)10-7-16(30-31)20-21(26)17(35-23(28)32)12-19(22(20)27)36(33,34)18-11-13(24)3-4-15(18)25/h3-12H,2H2,1H3,(H-,28,32)/p+1. The van der Waals surface area contributed by atoms with Gasteiger partial charge in [-0.15, -0.1) is 4.59 Å². The maximum atomic E-state index is 15.7. The molecule has 1 aliphatic heterocycles. The van der Waals surface area contributed by atoms with E-state index in [0.29, 0.717) is 36.5 Å². The first-order valence-electron chi connectivity index (χ1n) is 10.3. The lowest BCUT2D eigenvalue weighted by Gasteiger charge is -2.23. The van der Waals surface area contributed by atoms with E-state index in [1.807, 2.05) is 0 Å². The predicted molar refractivity (Wildman–Crippen MR) is 121 cm³/mol. The molecule has 1 amide bonds. The van der Waals surface area contributed by atoms with Gasteiger partial charge >= 0.3 is 6.09 Å². The average Bonchev–Trinajstić information content (AvgIpc) is 3.28. The minimum absolute atomic E-state index is 0.252. The summed E-state index contributed by atoms with van der Waals surface area (Å²) in [5.41, 5.74) is 4.23. The molecule has 0 aliphatic carbocycles. The smallest absolute Gasteiger partial charge is 0.407 e. The van der Waals surface area contributed by atoms with Gasteiger partial charge in [-0.2, -0.15) is 0 Å². The molecule has 0 radical (unpaired) electrons. The summed E-state index contributed by atoms with van der Waals surface area (Å²) >= 11 is 0. The Morgan fingerprint density at radius 2 is 1.72 bits per heavy atom. The third-order valence-corrected chi connectivity index (χ3v) is 7.20. The van der Waals surface area contributed by atoms with E-state index in [-0.39, 0.29) is 10.3 Å². The molecule has 2 N–H and O–H groups in total. The summed E-state index contributed by atoms with van der Waals surface area (Å²) in [7, 11) is -5.12. The van der Waals surface area contributed by atoms with Gasteiger partial charge in [-0.1, -0.05) is 5.10 Å². The number of aromatic nitrogens is 1. The summed E-state index contributed by atoms with van der Waals surface area (Å²) in [6.45, 7) is 2.05. The number of carbonyl (C=O) groups excluding carboxylic acids is 1. The summed E-state index contributed by atoms with van der Waals surface area (Å²) in [6, 6.07) is 5.14. The van der Waals surface area contributed by atoms with Crippen LogP contribution in [0.1, 0.15) is 12.5 Å². The van der Waals surface area contributed by atoms with Crippen molar-refractivity contribution in [2.45, 2.75) is 16.7 Å². The van der Waals surface area contributed by atoms with E-state index in [1.165, 1.54) is 24.7 Å². The first-order chi connectivity index (χ1) is 17.0. The number of sulfone groups is 1. The van der Waals surface area contributed by atoms with Gasteiger partial charge in [-0.25, -0.2) is 30.8 Å². The first-order valence-corrected chi connectivity index (χ1v) is 11.8. The minimum Gasteiger partial charge on any atom is -0.407 e. The minimum atomic E-state index is -5.12. The number of nitrogens with zero attached hydrogens (tertiary/aromatic N) is 3. The number of hydrogen-bond acceptors (Lipinski definition) is 6. The van der Waals surface area contributed by atoms with Crippen molar-refractivity contribution in [1.29, 1.82) is 0 Å². The SMILES string of the molecule is CC[N+]1(c2ccncc2)C=CC(c2c(F)c(OC(N)=O)cc(S(=O)(=O)c3cc(F)ccc3F)c2F)=N1. The largest absolute Gasteiger partial charge is 0.410 e. The number of nitrogens with two attached hydrogens (primary N) is 1. The quantitative estimate of drug-likeness (QED) is 0.297. The molecule has 1 aliphatic rings. The highest BCUT2D eigenvalue weighted by Crippen LogP contribution is 2.36. The number of carbonyl (C=O) groups is 1. The van der Waals surface area contributed by atoms with Crippen LogP contribution in [-0.2, 0) is 9.84 Å². The van der Waals surface area contributed by atoms with E-state index in [4.69, 9.17) is 5.73 Å². The highest BCUT2D eigenvalue weighted by molar-refractivity contribution is 7.91. The second-order valence-electron chi connectivity index (χ2n) is 7.52. The number of benzene rings is 2. The fourth-order valence-corrected chi connectivity index (χ4v) is 5.11. The summed E-state index contributed by atoms with van der Waals surface area (Å²) in [6.07, 6.45) is 4.22. The van der Waals surface area contributed by atoms with Crippen LogP contribution in [0.25, 0.3) is 0 Å². The fourth-order valence-electron chi connectivity index (χ4n) is 3.68.